The van der Waals surface area contributed by atoms with Crippen LogP contribution >= 0.6 is 11.8 Å². The number of ether oxygens (including phenoxy) is 1. The third-order valence-corrected chi connectivity index (χ3v) is 4.99. The summed E-state index contributed by atoms with van der Waals surface area (Å²) in [6, 6.07) is 5.74. The second-order valence-electron chi connectivity index (χ2n) is 5.37. The van der Waals surface area contributed by atoms with Crippen molar-refractivity contribution in [1.82, 2.24) is 0 Å². The minimum Gasteiger partial charge on any atom is -0.478 e. The summed E-state index contributed by atoms with van der Waals surface area (Å²) < 4.78 is 5.54. The van der Waals surface area contributed by atoms with Gasteiger partial charge in [0.1, 0.15) is 0 Å². The predicted molar refractivity (Wildman–Crippen MR) is 86.6 cm³/mol. The first kappa shape index (κ1) is 16.2. The monoisotopic (exact) mass is 309 g/mol. The number of rotatable bonds is 5. The van der Waals surface area contributed by atoms with Gasteiger partial charge in [-0.1, -0.05) is 19.9 Å². The third-order valence-electron chi connectivity index (χ3n) is 4.05. The molecule has 0 spiro atoms. The molecule has 1 heterocycles. The number of piperidine rings is 1. The van der Waals surface area contributed by atoms with E-state index in [0.717, 1.165) is 35.8 Å². The Bertz CT molecular complexity index is 506. The Balaban J connectivity index is 2.34. The second kappa shape index (κ2) is 7.18. The van der Waals surface area contributed by atoms with Gasteiger partial charge >= 0.3 is 5.97 Å². The summed E-state index contributed by atoms with van der Waals surface area (Å²) in [7, 11) is 1.73. The van der Waals surface area contributed by atoms with Crippen molar-refractivity contribution < 1.29 is 14.6 Å². The maximum Gasteiger partial charge on any atom is 0.338 e. The number of anilines is 1. The van der Waals surface area contributed by atoms with Crippen LogP contribution in [0.4, 0.5) is 5.69 Å². The van der Waals surface area contributed by atoms with Gasteiger partial charge in [-0.05, 0) is 30.2 Å². The second-order valence-corrected chi connectivity index (χ2v) is 6.68. The Morgan fingerprint density at radius 1 is 1.52 bits per heavy atom. The molecule has 2 atom stereocenters. The topological polar surface area (TPSA) is 49.8 Å². The molecule has 1 aromatic rings. The largest absolute Gasteiger partial charge is 0.478 e. The zero-order chi connectivity index (χ0) is 15.4. The summed E-state index contributed by atoms with van der Waals surface area (Å²) in [5.41, 5.74) is 1.24. The van der Waals surface area contributed by atoms with Crippen molar-refractivity contribution in [2.75, 3.05) is 30.9 Å². The molecule has 1 aliphatic heterocycles. The molecule has 0 bridgehead atoms. The van der Waals surface area contributed by atoms with Gasteiger partial charge in [-0.3, -0.25) is 0 Å². The molecule has 0 radical (unpaired) electrons. The number of methoxy groups -OCH3 is 1. The number of nitrogens with zero attached hydrogens (tertiary/aromatic N) is 1. The highest BCUT2D eigenvalue weighted by atomic mass is 32.2. The van der Waals surface area contributed by atoms with Crippen LogP contribution in [0.15, 0.2) is 23.1 Å². The van der Waals surface area contributed by atoms with Gasteiger partial charge in [-0.25, -0.2) is 4.79 Å². The molecule has 2 rings (SSSR count). The number of carboxylic acid groups (broad SMARTS) is 1. The van der Waals surface area contributed by atoms with Crippen molar-refractivity contribution in [2.24, 2.45) is 5.92 Å². The van der Waals surface area contributed by atoms with E-state index in [9.17, 15) is 9.90 Å². The Hall–Kier alpha value is -1.20. The van der Waals surface area contributed by atoms with Gasteiger partial charge in [0.25, 0.3) is 0 Å². The highest BCUT2D eigenvalue weighted by Crippen LogP contribution is 2.33. The summed E-state index contributed by atoms with van der Waals surface area (Å²) in [5, 5.41) is 9.61. The van der Waals surface area contributed by atoms with Gasteiger partial charge in [-0.2, -0.15) is 0 Å². The summed E-state index contributed by atoms with van der Waals surface area (Å²) in [6.45, 7) is 5.85. The van der Waals surface area contributed by atoms with E-state index in [1.165, 1.54) is 0 Å². The quantitative estimate of drug-likeness (QED) is 0.845. The van der Waals surface area contributed by atoms with E-state index >= 15 is 0 Å². The number of hydrogen-bond donors (Lipinski definition) is 1. The van der Waals surface area contributed by atoms with E-state index < -0.39 is 5.97 Å². The lowest BCUT2D eigenvalue weighted by Crippen LogP contribution is -2.44. The normalized spacial score (nSPS) is 22.3. The van der Waals surface area contributed by atoms with Crippen molar-refractivity contribution in [3.63, 3.8) is 0 Å². The van der Waals surface area contributed by atoms with E-state index in [0.29, 0.717) is 11.5 Å². The minimum atomic E-state index is -0.853. The molecule has 1 N–H and O–H groups in total. The molecular formula is C16H23NO3S. The summed E-state index contributed by atoms with van der Waals surface area (Å²) in [5.74, 6) is 0.517. The van der Waals surface area contributed by atoms with Gasteiger partial charge in [-0.15, -0.1) is 11.8 Å². The number of benzene rings is 1. The van der Waals surface area contributed by atoms with Crippen LogP contribution in [0.3, 0.4) is 0 Å². The van der Waals surface area contributed by atoms with Crippen molar-refractivity contribution in [1.29, 1.82) is 0 Å². The zero-order valence-electron chi connectivity index (χ0n) is 12.8. The van der Waals surface area contributed by atoms with Gasteiger partial charge < -0.3 is 14.7 Å². The van der Waals surface area contributed by atoms with Crippen LogP contribution in [0.5, 0.6) is 0 Å². The van der Waals surface area contributed by atoms with E-state index in [2.05, 4.69) is 11.8 Å². The SMILES string of the molecule is CCSc1cccc(N2CCC(C)C(OC)C2)c1C(=O)O. The lowest BCUT2D eigenvalue weighted by Gasteiger charge is -2.38. The maximum absolute atomic E-state index is 11.7. The lowest BCUT2D eigenvalue weighted by atomic mass is 9.95. The number of carbonyl (C=O) groups is 1. The molecule has 21 heavy (non-hydrogen) atoms. The van der Waals surface area contributed by atoms with Crippen LogP contribution in [0, 0.1) is 5.92 Å². The Labute approximate surface area is 130 Å². The molecular weight excluding hydrogens is 286 g/mol. The fourth-order valence-electron chi connectivity index (χ4n) is 2.83. The first-order valence-electron chi connectivity index (χ1n) is 7.35. The molecule has 1 fully saturated rings. The first-order chi connectivity index (χ1) is 10.1. The highest BCUT2D eigenvalue weighted by molar-refractivity contribution is 7.99. The Morgan fingerprint density at radius 2 is 2.29 bits per heavy atom. The van der Waals surface area contributed by atoms with Crippen LogP contribution < -0.4 is 4.90 Å². The van der Waals surface area contributed by atoms with Crippen LogP contribution in [-0.2, 0) is 4.74 Å². The van der Waals surface area contributed by atoms with E-state index in [4.69, 9.17) is 4.74 Å². The average molecular weight is 309 g/mol. The van der Waals surface area contributed by atoms with Gasteiger partial charge in [0.05, 0.1) is 17.4 Å². The maximum atomic E-state index is 11.7. The molecule has 0 saturated carbocycles. The molecule has 0 aromatic heterocycles. The molecule has 0 amide bonds. The molecule has 1 aromatic carbocycles. The molecule has 5 heteroatoms. The van der Waals surface area contributed by atoms with Gasteiger partial charge in [0.15, 0.2) is 0 Å². The van der Waals surface area contributed by atoms with Crippen LogP contribution in [0.25, 0.3) is 0 Å². The van der Waals surface area contributed by atoms with Crippen molar-refractivity contribution in [3.05, 3.63) is 23.8 Å². The molecule has 0 aliphatic carbocycles. The third kappa shape index (κ3) is 3.52. The minimum absolute atomic E-state index is 0.155. The number of carboxylic acids is 1. The van der Waals surface area contributed by atoms with E-state index in [1.807, 2.05) is 25.1 Å². The van der Waals surface area contributed by atoms with Crippen LogP contribution in [0.1, 0.15) is 30.6 Å². The van der Waals surface area contributed by atoms with Crippen LogP contribution in [0.2, 0.25) is 0 Å². The number of hydrogen-bond acceptors (Lipinski definition) is 4. The molecule has 1 saturated heterocycles. The number of aromatic carboxylic acids is 1. The first-order valence-corrected chi connectivity index (χ1v) is 8.33. The highest BCUT2D eigenvalue weighted by Gasteiger charge is 2.29. The van der Waals surface area contributed by atoms with E-state index in [-0.39, 0.29) is 6.10 Å². The van der Waals surface area contributed by atoms with Crippen molar-refractivity contribution in [2.45, 2.75) is 31.3 Å². The van der Waals surface area contributed by atoms with Gasteiger partial charge in [0, 0.05) is 25.1 Å². The smallest absolute Gasteiger partial charge is 0.338 e. The predicted octanol–water partition coefficient (Wildman–Crippen LogP) is 3.36. The molecule has 1 aliphatic rings. The molecule has 4 nitrogen and oxygen atoms in total. The Morgan fingerprint density at radius 3 is 2.90 bits per heavy atom. The zero-order valence-corrected chi connectivity index (χ0v) is 13.7. The van der Waals surface area contributed by atoms with E-state index in [1.54, 1.807) is 18.9 Å². The number of thioether (sulfide) groups is 1. The fourth-order valence-corrected chi connectivity index (χ4v) is 3.66. The summed E-state index contributed by atoms with van der Waals surface area (Å²) in [6.07, 6.45) is 1.17. The van der Waals surface area contributed by atoms with Gasteiger partial charge in [0.2, 0.25) is 0 Å². The van der Waals surface area contributed by atoms with Crippen molar-refractivity contribution in [3.8, 4) is 0 Å². The molecule has 116 valence electrons. The summed E-state index contributed by atoms with van der Waals surface area (Å²) in [4.78, 5) is 14.7. The standard InChI is InChI=1S/C16H23NO3S/c1-4-21-14-7-5-6-12(15(14)16(18)19)17-9-8-11(2)13(10-17)20-3/h5-7,11,13H,4,8-10H2,1-3H3,(H,18,19). The van der Waals surface area contributed by atoms with Crippen LogP contribution in [-0.4, -0.2) is 43.1 Å². The molecule has 2 unspecified atom stereocenters. The van der Waals surface area contributed by atoms with Crippen molar-refractivity contribution >= 4 is 23.4 Å². The average Bonchev–Trinajstić information content (AvgIpc) is 2.47. The fraction of sp³-hybridized carbons (Fsp3) is 0.562. The summed E-state index contributed by atoms with van der Waals surface area (Å²) >= 11 is 1.58. The lowest BCUT2D eigenvalue weighted by molar-refractivity contribution is 0.0496. The Kier molecular flexibility index (Phi) is 5.53.